The molecule has 3 rings (SSSR count). The summed E-state index contributed by atoms with van der Waals surface area (Å²) in [6.45, 7) is 3.50. The van der Waals surface area contributed by atoms with Crippen molar-refractivity contribution in [3.05, 3.63) is 65.2 Å². The maximum Gasteiger partial charge on any atom is 0.416 e. The summed E-state index contributed by atoms with van der Waals surface area (Å²) < 4.78 is 38.4. The first-order valence-corrected chi connectivity index (χ1v) is 8.86. The van der Waals surface area contributed by atoms with Crippen molar-refractivity contribution in [1.29, 1.82) is 0 Å². The normalized spacial score (nSPS) is 21.8. The highest BCUT2D eigenvalue weighted by molar-refractivity contribution is 6.19. The van der Waals surface area contributed by atoms with E-state index >= 15 is 0 Å². The van der Waals surface area contributed by atoms with E-state index in [-0.39, 0.29) is 18.0 Å². The second kappa shape index (κ2) is 6.83. The first-order chi connectivity index (χ1) is 12.8. The Labute approximate surface area is 155 Å². The molecule has 2 aromatic rings. The second-order valence-electron chi connectivity index (χ2n) is 6.67. The molecule has 3 nitrogen and oxygen atoms in total. The minimum atomic E-state index is -4.42. The minimum absolute atomic E-state index is 0.171. The van der Waals surface area contributed by atoms with Gasteiger partial charge >= 0.3 is 6.18 Å². The van der Waals surface area contributed by atoms with Crippen LogP contribution in [0.5, 0.6) is 0 Å². The molecule has 6 heteroatoms. The molecule has 142 valence electrons. The molecule has 0 saturated carbocycles. The number of anilines is 1. The highest BCUT2D eigenvalue weighted by Gasteiger charge is 2.56. The molecule has 0 aliphatic heterocycles. The van der Waals surface area contributed by atoms with Crippen LogP contribution < -0.4 is 5.32 Å². The Balaban J connectivity index is 2.05. The lowest BCUT2D eigenvalue weighted by molar-refractivity contribution is -0.137. The van der Waals surface area contributed by atoms with Gasteiger partial charge in [0.05, 0.1) is 11.6 Å². The van der Waals surface area contributed by atoms with Crippen LogP contribution in [0, 0.1) is 5.41 Å². The molecule has 1 aliphatic carbocycles. The van der Waals surface area contributed by atoms with Gasteiger partial charge in [0.25, 0.3) is 0 Å². The molecule has 0 fully saturated rings. The van der Waals surface area contributed by atoms with E-state index in [1.54, 1.807) is 38.1 Å². The quantitative estimate of drug-likeness (QED) is 0.709. The Morgan fingerprint density at radius 3 is 2.26 bits per heavy atom. The largest absolute Gasteiger partial charge is 0.416 e. The lowest BCUT2D eigenvalue weighted by atomic mass is 9.72. The van der Waals surface area contributed by atoms with E-state index in [2.05, 4.69) is 5.32 Å². The van der Waals surface area contributed by atoms with Crippen molar-refractivity contribution < 1.29 is 22.8 Å². The smallest absolute Gasteiger partial charge is 0.377 e. The van der Waals surface area contributed by atoms with Gasteiger partial charge in [0.2, 0.25) is 0 Å². The molecule has 0 heterocycles. The van der Waals surface area contributed by atoms with Crippen LogP contribution in [0.15, 0.2) is 48.5 Å². The molecule has 0 spiro atoms. The third kappa shape index (κ3) is 3.03. The Morgan fingerprint density at radius 1 is 1.07 bits per heavy atom. The van der Waals surface area contributed by atoms with E-state index in [9.17, 15) is 22.8 Å². The summed E-state index contributed by atoms with van der Waals surface area (Å²) in [7, 11) is 0. The molecular formula is C21H20F3NO2. The van der Waals surface area contributed by atoms with Crippen LogP contribution in [0.25, 0.3) is 0 Å². The summed E-state index contributed by atoms with van der Waals surface area (Å²) in [6, 6.07) is 11.0. The van der Waals surface area contributed by atoms with Gasteiger partial charge in [0, 0.05) is 17.7 Å². The monoisotopic (exact) mass is 375 g/mol. The number of fused-ring (bicyclic) bond motifs is 1. The van der Waals surface area contributed by atoms with Crippen LogP contribution in [0.4, 0.5) is 18.9 Å². The maximum absolute atomic E-state index is 13.1. The number of rotatable bonds is 5. The summed E-state index contributed by atoms with van der Waals surface area (Å²) in [4.78, 5) is 25.9. The van der Waals surface area contributed by atoms with E-state index in [0.717, 1.165) is 12.1 Å². The zero-order valence-electron chi connectivity index (χ0n) is 15.1. The average molecular weight is 375 g/mol. The van der Waals surface area contributed by atoms with E-state index in [4.69, 9.17) is 0 Å². The molecule has 2 aromatic carbocycles. The fraction of sp³-hybridized carbons (Fsp3) is 0.333. The summed E-state index contributed by atoms with van der Waals surface area (Å²) in [5.74, 6) is -0.396. The number of halogens is 3. The second-order valence-corrected chi connectivity index (χ2v) is 6.67. The van der Waals surface area contributed by atoms with Crippen molar-refractivity contribution in [3.8, 4) is 0 Å². The van der Waals surface area contributed by atoms with Gasteiger partial charge in [0.1, 0.15) is 11.2 Å². The van der Waals surface area contributed by atoms with Crippen LogP contribution in [0.3, 0.4) is 0 Å². The predicted molar refractivity (Wildman–Crippen MR) is 96.6 cm³/mol. The molecule has 0 unspecified atom stereocenters. The Morgan fingerprint density at radius 2 is 1.70 bits per heavy atom. The third-order valence-corrected chi connectivity index (χ3v) is 5.31. The van der Waals surface area contributed by atoms with E-state index in [1.165, 1.54) is 12.1 Å². The number of hydrogen-bond acceptors (Lipinski definition) is 3. The SMILES string of the molecule is CCC(=O)[C@@]1(CC)C(=O)c2ccccc2[C@H]1Nc1ccc(C(F)(F)F)cc1. The summed E-state index contributed by atoms with van der Waals surface area (Å²) in [5, 5.41) is 3.15. The Hall–Kier alpha value is -2.63. The first kappa shape index (κ1) is 19.1. The zero-order chi connectivity index (χ0) is 19.8. The lowest BCUT2D eigenvalue weighted by Crippen LogP contribution is -2.42. The van der Waals surface area contributed by atoms with Crippen molar-refractivity contribution in [2.24, 2.45) is 5.41 Å². The highest BCUT2D eigenvalue weighted by atomic mass is 19.4. The number of ketones is 2. The average Bonchev–Trinajstić information content (AvgIpc) is 2.90. The topological polar surface area (TPSA) is 46.2 Å². The number of carbonyl (C=O) groups is 2. The maximum atomic E-state index is 13.1. The van der Waals surface area contributed by atoms with Gasteiger partial charge in [-0.15, -0.1) is 0 Å². The van der Waals surface area contributed by atoms with Crippen molar-refractivity contribution in [1.82, 2.24) is 0 Å². The van der Waals surface area contributed by atoms with Gasteiger partial charge < -0.3 is 5.32 Å². The fourth-order valence-electron chi connectivity index (χ4n) is 3.88. The van der Waals surface area contributed by atoms with Crippen molar-refractivity contribution in [2.75, 3.05) is 5.32 Å². The standard InChI is InChI=1S/C21H20F3NO2/c1-3-17(26)20(4-2)18(15-7-5-6-8-16(15)19(20)27)25-14-11-9-13(10-12-14)21(22,23)24/h5-12,18,25H,3-4H2,1-2H3/t18-,20-/m1/s1. The Kier molecular flexibility index (Phi) is 4.84. The van der Waals surface area contributed by atoms with Gasteiger partial charge in [-0.05, 0) is 36.2 Å². The third-order valence-electron chi connectivity index (χ3n) is 5.31. The number of carbonyl (C=O) groups excluding carboxylic acids is 2. The number of hydrogen-bond donors (Lipinski definition) is 1. The summed E-state index contributed by atoms with van der Waals surface area (Å²) in [5.41, 5.74) is -0.376. The van der Waals surface area contributed by atoms with Gasteiger partial charge in [-0.1, -0.05) is 38.1 Å². The fourth-order valence-corrected chi connectivity index (χ4v) is 3.88. The van der Waals surface area contributed by atoms with Crippen LogP contribution in [-0.4, -0.2) is 11.6 Å². The van der Waals surface area contributed by atoms with Gasteiger partial charge in [0.15, 0.2) is 5.78 Å². The van der Waals surface area contributed by atoms with Crippen LogP contribution in [0.1, 0.15) is 54.2 Å². The molecule has 0 saturated heterocycles. The van der Waals surface area contributed by atoms with Gasteiger partial charge in [-0.2, -0.15) is 13.2 Å². The molecule has 1 N–H and O–H groups in total. The van der Waals surface area contributed by atoms with Crippen molar-refractivity contribution in [3.63, 3.8) is 0 Å². The minimum Gasteiger partial charge on any atom is -0.377 e. The molecule has 0 bridgehead atoms. The highest BCUT2D eigenvalue weighted by Crippen LogP contribution is 2.50. The molecule has 0 amide bonds. The number of alkyl halides is 3. The van der Waals surface area contributed by atoms with Gasteiger partial charge in [-0.25, -0.2) is 0 Å². The Bertz CT molecular complexity index is 874. The molecule has 1 aliphatic rings. The molecule has 27 heavy (non-hydrogen) atoms. The molecular weight excluding hydrogens is 355 g/mol. The summed E-state index contributed by atoms with van der Waals surface area (Å²) >= 11 is 0. The number of nitrogens with one attached hydrogen (secondary N) is 1. The predicted octanol–water partition coefficient (Wildman–Crippen LogP) is 5.43. The summed E-state index contributed by atoms with van der Waals surface area (Å²) in [6.07, 6.45) is -3.90. The van der Waals surface area contributed by atoms with Crippen LogP contribution in [-0.2, 0) is 11.0 Å². The molecule has 0 aromatic heterocycles. The van der Waals surface area contributed by atoms with Crippen molar-refractivity contribution in [2.45, 2.75) is 38.9 Å². The number of Topliss-reactive ketones (excluding diaryl/α,β-unsaturated/α-hetero) is 2. The molecule has 0 radical (unpaired) electrons. The lowest BCUT2D eigenvalue weighted by Gasteiger charge is -2.33. The van der Waals surface area contributed by atoms with Crippen LogP contribution >= 0.6 is 0 Å². The first-order valence-electron chi connectivity index (χ1n) is 8.86. The number of benzene rings is 2. The van der Waals surface area contributed by atoms with E-state index < -0.39 is 23.2 Å². The van der Waals surface area contributed by atoms with E-state index in [0.29, 0.717) is 23.2 Å². The van der Waals surface area contributed by atoms with Crippen LogP contribution in [0.2, 0.25) is 0 Å². The zero-order valence-corrected chi connectivity index (χ0v) is 15.1. The van der Waals surface area contributed by atoms with Crippen molar-refractivity contribution >= 4 is 17.3 Å². The molecule has 2 atom stereocenters. The van der Waals surface area contributed by atoms with Gasteiger partial charge in [-0.3, -0.25) is 9.59 Å². The van der Waals surface area contributed by atoms with E-state index in [1.807, 2.05) is 0 Å².